The molecular formula is C20H19ClF3N3O6. The molecule has 1 unspecified atom stereocenters. The number of carbonyl (C=O) groups excluding carboxylic acids is 1. The van der Waals surface area contributed by atoms with E-state index >= 15 is 0 Å². The number of benzene rings is 2. The Bertz CT molecular complexity index is 960. The Kier molecular flexibility index (Phi) is 9.00. The number of aliphatic carboxylic acids is 1. The van der Waals surface area contributed by atoms with Crippen LogP contribution in [0.25, 0.3) is 0 Å². The lowest BCUT2D eigenvalue weighted by molar-refractivity contribution is -0.384. The van der Waals surface area contributed by atoms with Crippen molar-refractivity contribution in [3.8, 4) is 0 Å². The van der Waals surface area contributed by atoms with Crippen molar-refractivity contribution in [2.75, 3.05) is 19.6 Å². The summed E-state index contributed by atoms with van der Waals surface area (Å²) in [4.78, 5) is 33.4. The maximum absolute atomic E-state index is 12.8. The number of carboxylic acids is 1. The number of alkyl halides is 3. The molecule has 0 spiro atoms. The van der Waals surface area contributed by atoms with Crippen LogP contribution in [0.2, 0.25) is 5.02 Å². The molecule has 3 rings (SSSR count). The average Bonchev–Trinajstić information content (AvgIpc) is 2.78. The zero-order valence-corrected chi connectivity index (χ0v) is 17.7. The van der Waals surface area contributed by atoms with Gasteiger partial charge in [-0.1, -0.05) is 41.9 Å². The second kappa shape index (κ2) is 11.5. The van der Waals surface area contributed by atoms with Crippen molar-refractivity contribution in [2.45, 2.75) is 18.9 Å². The Morgan fingerprint density at radius 1 is 1.12 bits per heavy atom. The van der Waals surface area contributed by atoms with Crippen molar-refractivity contribution < 1.29 is 37.5 Å². The van der Waals surface area contributed by atoms with Gasteiger partial charge in [-0.25, -0.2) is 4.79 Å². The Labute approximate surface area is 191 Å². The van der Waals surface area contributed by atoms with Crippen molar-refractivity contribution in [3.05, 3.63) is 75.3 Å². The SMILES string of the molecule is O=C(O)C1CN(C(=O)OCc2ccccc2)CCN1C(F)(F)F.O=[N+]([O-])c1ccc(Cl)cc1. The van der Waals surface area contributed by atoms with E-state index in [1.807, 2.05) is 0 Å². The van der Waals surface area contributed by atoms with Gasteiger partial charge in [0.25, 0.3) is 5.69 Å². The predicted octanol–water partition coefficient (Wildman–Crippen LogP) is 4.16. The standard InChI is InChI=1S/C14H15F3N2O4.C6H4ClNO2/c15-14(16,17)19-7-6-18(8-11(19)12(20)21)13(22)23-9-10-4-2-1-3-5-10;7-5-1-3-6(4-2-5)8(9)10/h1-5,11H,6-9H2,(H,20,21);1-4H. The summed E-state index contributed by atoms with van der Waals surface area (Å²) in [5.74, 6) is -1.64. The van der Waals surface area contributed by atoms with Crippen LogP contribution in [0.4, 0.5) is 23.7 Å². The summed E-state index contributed by atoms with van der Waals surface area (Å²) < 4.78 is 43.3. The van der Waals surface area contributed by atoms with Gasteiger partial charge in [-0.05, 0) is 17.7 Å². The molecule has 2 aromatic rings. The summed E-state index contributed by atoms with van der Waals surface area (Å²) in [5, 5.41) is 19.5. The van der Waals surface area contributed by atoms with Gasteiger partial charge in [0.05, 0.1) is 11.5 Å². The number of non-ortho nitro benzene ring substituents is 1. The van der Waals surface area contributed by atoms with E-state index in [0.717, 1.165) is 10.5 Å². The number of hydrogen-bond acceptors (Lipinski definition) is 6. The van der Waals surface area contributed by atoms with Crippen LogP contribution >= 0.6 is 11.6 Å². The molecule has 33 heavy (non-hydrogen) atoms. The van der Waals surface area contributed by atoms with Gasteiger partial charge >= 0.3 is 18.4 Å². The van der Waals surface area contributed by atoms with E-state index in [1.165, 1.54) is 24.3 Å². The minimum Gasteiger partial charge on any atom is -0.480 e. The number of ether oxygens (including phenoxy) is 1. The van der Waals surface area contributed by atoms with E-state index in [9.17, 15) is 32.9 Å². The topological polar surface area (TPSA) is 113 Å². The maximum Gasteiger partial charge on any atom is 0.460 e. The number of carboxylic acid groups (broad SMARTS) is 1. The van der Waals surface area contributed by atoms with Crippen molar-refractivity contribution in [1.29, 1.82) is 0 Å². The first kappa shape index (κ1) is 25.9. The second-order valence-corrected chi connectivity index (χ2v) is 7.17. The highest BCUT2D eigenvalue weighted by atomic mass is 35.5. The van der Waals surface area contributed by atoms with Crippen LogP contribution in [-0.2, 0) is 16.1 Å². The minimum absolute atomic E-state index is 0.0309. The molecule has 1 aliphatic heterocycles. The van der Waals surface area contributed by atoms with E-state index in [1.54, 1.807) is 30.3 Å². The minimum atomic E-state index is -4.76. The summed E-state index contributed by atoms with van der Waals surface area (Å²) in [6, 6.07) is 12.6. The van der Waals surface area contributed by atoms with Crippen LogP contribution < -0.4 is 0 Å². The predicted molar refractivity (Wildman–Crippen MR) is 110 cm³/mol. The van der Waals surface area contributed by atoms with E-state index in [-0.39, 0.29) is 23.7 Å². The molecule has 1 saturated heterocycles. The lowest BCUT2D eigenvalue weighted by Crippen LogP contribution is -2.61. The zero-order chi connectivity index (χ0) is 24.6. The number of carbonyl (C=O) groups is 2. The first-order valence-electron chi connectivity index (χ1n) is 9.41. The highest BCUT2D eigenvalue weighted by Gasteiger charge is 2.48. The summed E-state index contributed by atoms with van der Waals surface area (Å²) in [5.41, 5.74) is 0.786. The molecule has 13 heteroatoms. The largest absolute Gasteiger partial charge is 0.480 e. The Morgan fingerprint density at radius 3 is 2.24 bits per heavy atom. The van der Waals surface area contributed by atoms with E-state index in [0.29, 0.717) is 5.02 Å². The van der Waals surface area contributed by atoms with Crippen LogP contribution in [0.1, 0.15) is 5.56 Å². The number of piperazine rings is 1. The number of halogens is 4. The maximum atomic E-state index is 12.8. The van der Waals surface area contributed by atoms with E-state index in [4.69, 9.17) is 21.4 Å². The molecule has 0 radical (unpaired) electrons. The summed E-state index contributed by atoms with van der Waals surface area (Å²) in [6.07, 6.45) is -5.59. The number of nitro groups is 1. The molecular weight excluding hydrogens is 471 g/mol. The van der Waals surface area contributed by atoms with Crippen molar-refractivity contribution in [3.63, 3.8) is 0 Å². The molecule has 0 aromatic heterocycles. The fourth-order valence-corrected chi connectivity index (χ4v) is 2.96. The van der Waals surface area contributed by atoms with Crippen LogP contribution in [0.15, 0.2) is 54.6 Å². The number of amides is 1. The first-order chi connectivity index (χ1) is 15.5. The average molecular weight is 490 g/mol. The molecule has 0 aliphatic carbocycles. The lowest BCUT2D eigenvalue weighted by atomic mass is 10.2. The van der Waals surface area contributed by atoms with Crippen LogP contribution in [0.3, 0.4) is 0 Å². The highest BCUT2D eigenvalue weighted by molar-refractivity contribution is 6.30. The summed E-state index contributed by atoms with van der Waals surface area (Å²) in [6.45, 7) is -1.48. The highest BCUT2D eigenvalue weighted by Crippen LogP contribution is 2.27. The van der Waals surface area contributed by atoms with Crippen molar-refractivity contribution in [2.24, 2.45) is 0 Å². The van der Waals surface area contributed by atoms with Gasteiger partial charge < -0.3 is 14.7 Å². The molecule has 0 bridgehead atoms. The smallest absolute Gasteiger partial charge is 0.460 e. The fourth-order valence-electron chi connectivity index (χ4n) is 2.84. The van der Waals surface area contributed by atoms with E-state index < -0.39 is 42.4 Å². The molecule has 1 aliphatic rings. The fraction of sp³-hybridized carbons (Fsp3) is 0.300. The lowest BCUT2D eigenvalue weighted by Gasteiger charge is -2.39. The molecule has 1 amide bonds. The molecule has 1 fully saturated rings. The summed E-state index contributed by atoms with van der Waals surface area (Å²) >= 11 is 5.49. The summed E-state index contributed by atoms with van der Waals surface area (Å²) in [7, 11) is 0. The van der Waals surface area contributed by atoms with Gasteiger partial charge in [0.2, 0.25) is 0 Å². The first-order valence-corrected chi connectivity index (χ1v) is 9.78. The van der Waals surface area contributed by atoms with Gasteiger partial charge in [-0.3, -0.25) is 14.9 Å². The molecule has 1 atom stereocenters. The Balaban J connectivity index is 0.000000321. The van der Waals surface area contributed by atoms with Crippen LogP contribution in [0, 0.1) is 10.1 Å². The Hall–Kier alpha value is -3.38. The quantitative estimate of drug-likeness (QED) is 0.389. The zero-order valence-electron chi connectivity index (χ0n) is 16.9. The Morgan fingerprint density at radius 2 is 1.73 bits per heavy atom. The van der Waals surface area contributed by atoms with Crippen LogP contribution in [0.5, 0.6) is 0 Å². The molecule has 1 N–H and O–H groups in total. The molecule has 178 valence electrons. The van der Waals surface area contributed by atoms with Gasteiger partial charge in [0, 0.05) is 30.2 Å². The number of hydrogen-bond donors (Lipinski definition) is 1. The molecule has 0 saturated carbocycles. The number of rotatable bonds is 4. The van der Waals surface area contributed by atoms with Gasteiger partial charge in [0.15, 0.2) is 0 Å². The third kappa shape index (κ3) is 7.91. The third-order valence-electron chi connectivity index (χ3n) is 4.49. The van der Waals surface area contributed by atoms with Gasteiger partial charge in [-0.2, -0.15) is 18.1 Å². The van der Waals surface area contributed by atoms with Gasteiger partial charge in [0.1, 0.15) is 12.6 Å². The monoisotopic (exact) mass is 489 g/mol. The van der Waals surface area contributed by atoms with Crippen LogP contribution in [-0.4, -0.2) is 63.9 Å². The second-order valence-electron chi connectivity index (χ2n) is 6.73. The number of nitro benzene ring substituents is 1. The molecule has 9 nitrogen and oxygen atoms in total. The third-order valence-corrected chi connectivity index (χ3v) is 4.74. The van der Waals surface area contributed by atoms with E-state index in [2.05, 4.69) is 0 Å². The number of nitrogens with zero attached hydrogens (tertiary/aromatic N) is 3. The van der Waals surface area contributed by atoms with Crippen molar-refractivity contribution in [1.82, 2.24) is 9.80 Å². The molecule has 2 aromatic carbocycles. The normalized spacial score (nSPS) is 16.4. The van der Waals surface area contributed by atoms with Gasteiger partial charge in [-0.15, -0.1) is 0 Å². The molecule has 1 heterocycles. The van der Waals surface area contributed by atoms with Crippen molar-refractivity contribution >= 4 is 29.4 Å².